The Labute approximate surface area is 124 Å². The molecule has 2 rings (SSSR count). The molecule has 1 amide bonds. The Balaban J connectivity index is 2.17. The standard InChI is InChI=1S/C16H17ClN2O/c1-11-8-9-14(12(2)18-11)16(20)19-15(10-17)13-6-4-3-5-7-13/h3-9,15H,10H2,1-2H3,(H,19,20). The van der Waals surface area contributed by atoms with E-state index in [2.05, 4.69) is 10.3 Å². The molecule has 104 valence electrons. The van der Waals surface area contributed by atoms with Gasteiger partial charge in [-0.25, -0.2) is 0 Å². The Morgan fingerprint density at radius 1 is 1.20 bits per heavy atom. The van der Waals surface area contributed by atoms with E-state index in [0.29, 0.717) is 11.4 Å². The third-order valence-electron chi connectivity index (χ3n) is 3.13. The minimum atomic E-state index is -0.203. The molecule has 1 N–H and O–H groups in total. The smallest absolute Gasteiger partial charge is 0.253 e. The first-order chi connectivity index (χ1) is 9.61. The van der Waals surface area contributed by atoms with Crippen molar-refractivity contribution >= 4 is 17.5 Å². The first-order valence-electron chi connectivity index (χ1n) is 6.48. The number of hydrogen-bond acceptors (Lipinski definition) is 2. The molecule has 0 radical (unpaired) electrons. The summed E-state index contributed by atoms with van der Waals surface area (Å²) in [5.74, 6) is 0.179. The zero-order valence-electron chi connectivity index (χ0n) is 11.6. The molecule has 0 fully saturated rings. The lowest BCUT2D eigenvalue weighted by atomic mass is 10.1. The van der Waals surface area contributed by atoms with Gasteiger partial charge in [0.15, 0.2) is 0 Å². The normalized spacial score (nSPS) is 11.9. The van der Waals surface area contributed by atoms with Crippen molar-refractivity contribution in [1.82, 2.24) is 10.3 Å². The number of hydrogen-bond donors (Lipinski definition) is 1. The summed E-state index contributed by atoms with van der Waals surface area (Å²) >= 11 is 5.97. The maximum absolute atomic E-state index is 12.3. The highest BCUT2D eigenvalue weighted by atomic mass is 35.5. The Morgan fingerprint density at radius 2 is 1.90 bits per heavy atom. The van der Waals surface area contributed by atoms with Gasteiger partial charge in [0.25, 0.3) is 5.91 Å². The van der Waals surface area contributed by atoms with Crippen molar-refractivity contribution in [3.63, 3.8) is 0 Å². The number of aryl methyl sites for hydroxylation is 2. The number of aromatic nitrogens is 1. The number of benzene rings is 1. The van der Waals surface area contributed by atoms with Gasteiger partial charge in [0.05, 0.1) is 17.3 Å². The molecular weight excluding hydrogens is 272 g/mol. The summed E-state index contributed by atoms with van der Waals surface area (Å²) in [6.07, 6.45) is 0. The highest BCUT2D eigenvalue weighted by molar-refractivity contribution is 6.18. The second kappa shape index (κ2) is 6.53. The van der Waals surface area contributed by atoms with Gasteiger partial charge in [0, 0.05) is 11.6 Å². The molecule has 0 saturated heterocycles. The van der Waals surface area contributed by atoms with Crippen molar-refractivity contribution in [3.8, 4) is 0 Å². The average molecular weight is 289 g/mol. The quantitative estimate of drug-likeness (QED) is 0.876. The second-order valence-corrected chi connectivity index (χ2v) is 4.99. The summed E-state index contributed by atoms with van der Waals surface area (Å²) in [5.41, 5.74) is 3.20. The van der Waals surface area contributed by atoms with Crippen LogP contribution >= 0.6 is 11.6 Å². The number of halogens is 1. The van der Waals surface area contributed by atoms with Crippen molar-refractivity contribution in [1.29, 1.82) is 0 Å². The van der Waals surface area contributed by atoms with Crippen molar-refractivity contribution in [2.45, 2.75) is 19.9 Å². The number of nitrogens with one attached hydrogen (secondary N) is 1. The minimum absolute atomic E-state index is 0.149. The van der Waals surface area contributed by atoms with Crippen LogP contribution in [0.3, 0.4) is 0 Å². The second-order valence-electron chi connectivity index (χ2n) is 4.68. The highest BCUT2D eigenvalue weighted by Gasteiger charge is 2.16. The van der Waals surface area contributed by atoms with Crippen molar-refractivity contribution in [2.24, 2.45) is 0 Å². The summed E-state index contributed by atoms with van der Waals surface area (Å²) in [5, 5.41) is 2.95. The maximum atomic E-state index is 12.3. The third kappa shape index (κ3) is 3.36. The van der Waals surface area contributed by atoms with E-state index in [1.165, 1.54) is 0 Å². The predicted molar refractivity (Wildman–Crippen MR) is 81.1 cm³/mol. The fourth-order valence-corrected chi connectivity index (χ4v) is 2.31. The van der Waals surface area contributed by atoms with Crippen LogP contribution in [0.15, 0.2) is 42.5 Å². The van der Waals surface area contributed by atoms with Crippen LogP contribution in [0.5, 0.6) is 0 Å². The summed E-state index contributed by atoms with van der Waals surface area (Å²) in [4.78, 5) is 16.6. The average Bonchev–Trinajstić information content (AvgIpc) is 2.45. The fourth-order valence-electron chi connectivity index (χ4n) is 2.06. The lowest BCUT2D eigenvalue weighted by Crippen LogP contribution is -2.30. The molecule has 0 aliphatic heterocycles. The zero-order chi connectivity index (χ0) is 14.5. The predicted octanol–water partition coefficient (Wildman–Crippen LogP) is 3.41. The van der Waals surface area contributed by atoms with Crippen LogP contribution < -0.4 is 5.32 Å². The van der Waals surface area contributed by atoms with Crippen molar-refractivity contribution < 1.29 is 4.79 Å². The van der Waals surface area contributed by atoms with Gasteiger partial charge >= 0.3 is 0 Å². The molecule has 1 heterocycles. The molecule has 0 saturated carbocycles. The summed E-state index contributed by atoms with van der Waals surface area (Å²) in [6.45, 7) is 3.74. The summed E-state index contributed by atoms with van der Waals surface area (Å²) in [6, 6.07) is 13.1. The number of carbonyl (C=O) groups excluding carboxylic acids is 1. The fraction of sp³-hybridized carbons (Fsp3) is 0.250. The Hall–Kier alpha value is -1.87. The van der Waals surface area contributed by atoms with Gasteiger partial charge in [-0.05, 0) is 31.5 Å². The molecule has 0 bridgehead atoms. The Kier molecular flexibility index (Phi) is 4.74. The lowest BCUT2D eigenvalue weighted by molar-refractivity contribution is 0.0939. The first-order valence-corrected chi connectivity index (χ1v) is 7.01. The van der Waals surface area contributed by atoms with Gasteiger partial charge in [-0.15, -0.1) is 11.6 Å². The summed E-state index contributed by atoms with van der Waals surface area (Å²) in [7, 11) is 0. The Bertz CT molecular complexity index is 599. The molecule has 2 aromatic rings. The van der Waals surface area contributed by atoms with Crippen LogP contribution in [-0.4, -0.2) is 16.8 Å². The van der Waals surface area contributed by atoms with E-state index in [0.717, 1.165) is 17.0 Å². The molecule has 0 spiro atoms. The topological polar surface area (TPSA) is 42.0 Å². The molecule has 3 nitrogen and oxygen atoms in total. The number of rotatable bonds is 4. The van der Waals surface area contributed by atoms with Crippen molar-refractivity contribution in [3.05, 3.63) is 65.0 Å². The van der Waals surface area contributed by atoms with Gasteiger partial charge in [-0.2, -0.15) is 0 Å². The van der Waals surface area contributed by atoms with E-state index < -0.39 is 0 Å². The van der Waals surface area contributed by atoms with E-state index in [1.807, 2.05) is 50.2 Å². The van der Waals surface area contributed by atoms with E-state index >= 15 is 0 Å². The van der Waals surface area contributed by atoms with E-state index in [-0.39, 0.29) is 11.9 Å². The van der Waals surface area contributed by atoms with Gasteiger partial charge in [-0.3, -0.25) is 9.78 Å². The van der Waals surface area contributed by atoms with Gasteiger partial charge in [0.1, 0.15) is 0 Å². The number of carbonyl (C=O) groups is 1. The van der Waals surface area contributed by atoms with Crippen LogP contribution in [0.25, 0.3) is 0 Å². The van der Waals surface area contributed by atoms with Gasteiger partial charge in [-0.1, -0.05) is 30.3 Å². The van der Waals surface area contributed by atoms with Crippen LogP contribution in [-0.2, 0) is 0 Å². The van der Waals surface area contributed by atoms with Crippen molar-refractivity contribution in [2.75, 3.05) is 5.88 Å². The molecular formula is C16H17ClN2O. The van der Waals surface area contributed by atoms with Crippen LogP contribution in [0, 0.1) is 13.8 Å². The number of alkyl halides is 1. The molecule has 1 unspecified atom stereocenters. The number of nitrogens with zero attached hydrogens (tertiary/aromatic N) is 1. The maximum Gasteiger partial charge on any atom is 0.253 e. The molecule has 1 aromatic heterocycles. The number of pyridine rings is 1. The monoisotopic (exact) mass is 288 g/mol. The highest BCUT2D eigenvalue weighted by Crippen LogP contribution is 2.16. The number of amides is 1. The molecule has 1 atom stereocenters. The van der Waals surface area contributed by atoms with Gasteiger partial charge < -0.3 is 5.32 Å². The van der Waals surface area contributed by atoms with Crippen LogP contribution in [0.1, 0.15) is 33.4 Å². The molecule has 4 heteroatoms. The molecule has 20 heavy (non-hydrogen) atoms. The van der Waals surface area contributed by atoms with E-state index in [4.69, 9.17) is 11.6 Å². The van der Waals surface area contributed by atoms with Gasteiger partial charge in [0.2, 0.25) is 0 Å². The molecule has 0 aliphatic carbocycles. The zero-order valence-corrected chi connectivity index (χ0v) is 12.3. The molecule has 0 aliphatic rings. The molecule has 1 aromatic carbocycles. The first kappa shape index (κ1) is 14.5. The van der Waals surface area contributed by atoms with E-state index in [9.17, 15) is 4.79 Å². The van der Waals surface area contributed by atoms with Crippen LogP contribution in [0.4, 0.5) is 0 Å². The largest absolute Gasteiger partial charge is 0.344 e. The SMILES string of the molecule is Cc1ccc(C(=O)NC(CCl)c2ccccc2)c(C)n1. The van der Waals surface area contributed by atoms with E-state index in [1.54, 1.807) is 6.07 Å². The Morgan fingerprint density at radius 3 is 2.50 bits per heavy atom. The summed E-state index contributed by atoms with van der Waals surface area (Å²) < 4.78 is 0. The minimum Gasteiger partial charge on any atom is -0.344 e. The third-order valence-corrected chi connectivity index (χ3v) is 3.44. The lowest BCUT2D eigenvalue weighted by Gasteiger charge is -2.17. The van der Waals surface area contributed by atoms with Crippen LogP contribution in [0.2, 0.25) is 0 Å².